The molecule has 0 spiro atoms. The van der Waals surface area contributed by atoms with Crippen molar-refractivity contribution in [3.8, 4) is 11.5 Å². The number of sulfonamides is 1. The van der Waals surface area contributed by atoms with Crippen LogP contribution in [0.2, 0.25) is 0 Å². The van der Waals surface area contributed by atoms with E-state index in [0.717, 1.165) is 5.56 Å². The van der Waals surface area contributed by atoms with Crippen LogP contribution in [0.4, 0.5) is 0 Å². The van der Waals surface area contributed by atoms with Gasteiger partial charge in [0.15, 0.2) is 17.3 Å². The van der Waals surface area contributed by atoms with E-state index in [4.69, 9.17) is 14.0 Å². The van der Waals surface area contributed by atoms with Crippen molar-refractivity contribution in [3.05, 3.63) is 35.2 Å². The van der Waals surface area contributed by atoms with Crippen LogP contribution in [0, 0.1) is 13.8 Å². The van der Waals surface area contributed by atoms with E-state index in [9.17, 15) is 8.42 Å². The van der Waals surface area contributed by atoms with Crippen molar-refractivity contribution in [3.63, 3.8) is 0 Å². The lowest BCUT2D eigenvalue weighted by Gasteiger charge is -2.25. The summed E-state index contributed by atoms with van der Waals surface area (Å²) in [6.45, 7) is 3.35. The van der Waals surface area contributed by atoms with E-state index >= 15 is 0 Å². The number of hydrogen-bond donors (Lipinski definition) is 1. The molecule has 1 unspecified atom stereocenters. The standard InChI is InChI=1S/C17H25N3O5S/c1-11-17(12(2)25-19-11)26(21,22)18-10-14(20(3)4)13-7-8-15(23-5)16(9-13)24-6/h7-9,14,18H,10H2,1-6H3. The van der Waals surface area contributed by atoms with Gasteiger partial charge >= 0.3 is 0 Å². The summed E-state index contributed by atoms with van der Waals surface area (Å²) in [6, 6.07) is 5.32. The summed E-state index contributed by atoms with van der Waals surface area (Å²) in [7, 11) is 3.16. The maximum Gasteiger partial charge on any atom is 0.246 e. The summed E-state index contributed by atoms with van der Waals surface area (Å²) in [5, 5.41) is 3.71. The first kappa shape index (κ1) is 20.2. The van der Waals surface area contributed by atoms with Gasteiger partial charge < -0.3 is 18.9 Å². The summed E-state index contributed by atoms with van der Waals surface area (Å²) >= 11 is 0. The van der Waals surface area contributed by atoms with E-state index in [2.05, 4.69) is 9.88 Å². The number of likely N-dealkylation sites (N-methyl/N-ethyl adjacent to an activating group) is 1. The number of hydrogen-bond acceptors (Lipinski definition) is 7. The maximum absolute atomic E-state index is 12.6. The Morgan fingerprint density at radius 2 is 1.85 bits per heavy atom. The number of ether oxygens (including phenoxy) is 2. The summed E-state index contributed by atoms with van der Waals surface area (Å²) in [5.74, 6) is 1.47. The van der Waals surface area contributed by atoms with Gasteiger partial charge in [0.1, 0.15) is 10.6 Å². The summed E-state index contributed by atoms with van der Waals surface area (Å²) in [5.41, 5.74) is 1.23. The fourth-order valence-electron chi connectivity index (χ4n) is 2.78. The Morgan fingerprint density at radius 3 is 2.35 bits per heavy atom. The third kappa shape index (κ3) is 4.17. The molecule has 1 aromatic carbocycles. The van der Waals surface area contributed by atoms with Gasteiger partial charge in [-0.1, -0.05) is 11.2 Å². The highest BCUT2D eigenvalue weighted by molar-refractivity contribution is 7.89. The van der Waals surface area contributed by atoms with Gasteiger partial charge in [-0.3, -0.25) is 0 Å². The molecule has 9 heteroatoms. The van der Waals surface area contributed by atoms with Crippen molar-refractivity contribution >= 4 is 10.0 Å². The van der Waals surface area contributed by atoms with E-state index in [1.165, 1.54) is 0 Å². The molecule has 8 nitrogen and oxygen atoms in total. The van der Waals surface area contributed by atoms with Gasteiger partial charge in [0.2, 0.25) is 10.0 Å². The lowest BCUT2D eigenvalue weighted by atomic mass is 10.1. The molecule has 1 aromatic heterocycles. The van der Waals surface area contributed by atoms with Gasteiger partial charge in [0.25, 0.3) is 0 Å². The minimum atomic E-state index is -3.73. The monoisotopic (exact) mass is 383 g/mol. The minimum Gasteiger partial charge on any atom is -0.493 e. The number of aromatic nitrogens is 1. The average molecular weight is 383 g/mol. The van der Waals surface area contributed by atoms with Crippen LogP contribution in [0.1, 0.15) is 23.1 Å². The Labute approximate surface area is 154 Å². The lowest BCUT2D eigenvalue weighted by molar-refractivity contribution is 0.297. The first-order valence-corrected chi connectivity index (χ1v) is 9.50. The second-order valence-electron chi connectivity index (χ2n) is 6.10. The molecule has 0 radical (unpaired) electrons. The van der Waals surface area contributed by atoms with Crippen LogP contribution < -0.4 is 14.2 Å². The first-order chi connectivity index (χ1) is 12.2. The van der Waals surface area contributed by atoms with Crippen LogP contribution in [0.15, 0.2) is 27.6 Å². The molecular weight excluding hydrogens is 358 g/mol. The Balaban J connectivity index is 2.27. The van der Waals surface area contributed by atoms with Crippen molar-refractivity contribution in [1.82, 2.24) is 14.8 Å². The highest BCUT2D eigenvalue weighted by Crippen LogP contribution is 2.31. The quantitative estimate of drug-likeness (QED) is 0.744. The van der Waals surface area contributed by atoms with Gasteiger partial charge in [0.05, 0.1) is 14.2 Å². The second-order valence-corrected chi connectivity index (χ2v) is 7.80. The number of aryl methyl sites for hydroxylation is 2. The zero-order valence-electron chi connectivity index (χ0n) is 15.9. The molecule has 1 N–H and O–H groups in total. The van der Waals surface area contributed by atoms with Crippen LogP contribution in [0.3, 0.4) is 0 Å². The lowest BCUT2D eigenvalue weighted by Crippen LogP contribution is -2.35. The molecule has 1 heterocycles. The van der Waals surface area contributed by atoms with Gasteiger partial charge in [-0.05, 0) is 45.6 Å². The van der Waals surface area contributed by atoms with Crippen molar-refractivity contribution in [2.45, 2.75) is 24.8 Å². The molecule has 0 aliphatic carbocycles. The fourth-order valence-corrected chi connectivity index (χ4v) is 4.14. The van der Waals surface area contributed by atoms with Crippen molar-refractivity contribution in [2.24, 2.45) is 0 Å². The van der Waals surface area contributed by atoms with Crippen molar-refractivity contribution in [2.75, 3.05) is 34.9 Å². The Morgan fingerprint density at radius 1 is 1.19 bits per heavy atom. The van der Waals surface area contributed by atoms with Crippen LogP contribution in [-0.2, 0) is 10.0 Å². The molecule has 26 heavy (non-hydrogen) atoms. The third-order valence-corrected chi connectivity index (χ3v) is 5.79. The Kier molecular flexibility index (Phi) is 6.27. The molecule has 144 valence electrons. The van der Waals surface area contributed by atoms with Crippen molar-refractivity contribution in [1.29, 1.82) is 0 Å². The molecule has 2 aromatic rings. The normalized spacial score (nSPS) is 13.0. The molecule has 0 aliphatic heterocycles. The van der Waals surface area contributed by atoms with Gasteiger partial charge in [0, 0.05) is 12.6 Å². The largest absolute Gasteiger partial charge is 0.493 e. The fraction of sp³-hybridized carbons (Fsp3) is 0.471. The Hall–Kier alpha value is -2.10. The molecular formula is C17H25N3O5S. The number of rotatable bonds is 8. The zero-order chi connectivity index (χ0) is 19.5. The summed E-state index contributed by atoms with van der Waals surface area (Å²) in [6.07, 6.45) is 0. The maximum atomic E-state index is 12.6. The number of nitrogens with one attached hydrogen (secondary N) is 1. The molecule has 1 atom stereocenters. The van der Waals surface area contributed by atoms with E-state index in [-0.39, 0.29) is 23.2 Å². The van der Waals surface area contributed by atoms with Crippen molar-refractivity contribution < 1.29 is 22.4 Å². The van der Waals surface area contributed by atoms with E-state index in [1.54, 1.807) is 34.1 Å². The van der Waals surface area contributed by atoms with E-state index in [0.29, 0.717) is 17.2 Å². The molecule has 0 aliphatic rings. The van der Waals surface area contributed by atoms with Crippen LogP contribution in [-0.4, -0.2) is 53.3 Å². The summed E-state index contributed by atoms with van der Waals surface area (Å²) in [4.78, 5) is 2.01. The predicted octanol–water partition coefficient (Wildman–Crippen LogP) is 1.89. The summed E-state index contributed by atoms with van der Waals surface area (Å²) < 4.78 is 43.5. The predicted molar refractivity (Wildman–Crippen MR) is 97.1 cm³/mol. The molecule has 2 rings (SSSR count). The van der Waals surface area contributed by atoms with Crippen LogP contribution in [0.5, 0.6) is 11.5 Å². The molecule has 0 fully saturated rings. The first-order valence-electron chi connectivity index (χ1n) is 8.02. The van der Waals surface area contributed by atoms with Gasteiger partial charge in [-0.15, -0.1) is 0 Å². The average Bonchev–Trinajstić information content (AvgIpc) is 2.93. The highest BCUT2D eigenvalue weighted by atomic mass is 32.2. The smallest absolute Gasteiger partial charge is 0.246 e. The molecule has 0 bridgehead atoms. The third-order valence-electron chi connectivity index (χ3n) is 4.12. The highest BCUT2D eigenvalue weighted by Gasteiger charge is 2.26. The van der Waals surface area contributed by atoms with Crippen LogP contribution >= 0.6 is 0 Å². The number of methoxy groups -OCH3 is 2. The van der Waals surface area contributed by atoms with E-state index < -0.39 is 10.0 Å². The molecule has 0 saturated heterocycles. The van der Waals surface area contributed by atoms with E-state index in [1.807, 2.05) is 31.1 Å². The second kappa shape index (κ2) is 8.07. The molecule has 0 saturated carbocycles. The minimum absolute atomic E-state index is 0.0855. The number of nitrogens with zero attached hydrogens (tertiary/aromatic N) is 2. The number of benzene rings is 1. The van der Waals surface area contributed by atoms with Gasteiger partial charge in [-0.2, -0.15) is 0 Å². The van der Waals surface area contributed by atoms with Crippen LogP contribution in [0.25, 0.3) is 0 Å². The topological polar surface area (TPSA) is 93.9 Å². The Bertz CT molecular complexity index is 842. The van der Waals surface area contributed by atoms with Gasteiger partial charge in [-0.25, -0.2) is 13.1 Å². The SMILES string of the molecule is COc1ccc(C(CNS(=O)(=O)c2c(C)noc2C)N(C)C)cc1OC. The molecule has 0 amide bonds. The zero-order valence-corrected chi connectivity index (χ0v) is 16.7.